The Hall–Kier alpha value is -7.37. The molecule has 0 fully saturated rings. The van der Waals surface area contributed by atoms with Crippen LogP contribution in [0.5, 0.6) is 0 Å². The average molecular weight is 721 g/mol. The molecular formula is C51H36N4O. The van der Waals surface area contributed by atoms with Crippen LogP contribution in [0.3, 0.4) is 0 Å². The maximum absolute atomic E-state index is 6.77. The van der Waals surface area contributed by atoms with Crippen molar-refractivity contribution >= 4 is 33.6 Å². The number of fused-ring (bicyclic) bond motifs is 3. The molecule has 5 heteroatoms. The van der Waals surface area contributed by atoms with Crippen LogP contribution in [0.2, 0.25) is 0 Å². The second-order valence-corrected chi connectivity index (χ2v) is 13.9. The molecule has 5 nitrogen and oxygen atoms in total. The van der Waals surface area contributed by atoms with Gasteiger partial charge in [-0.1, -0.05) is 158 Å². The van der Waals surface area contributed by atoms with E-state index < -0.39 is 0 Å². The first-order valence-electron chi connectivity index (χ1n) is 19.0. The summed E-state index contributed by atoms with van der Waals surface area (Å²) in [4.78, 5) is 17.5. The first kappa shape index (κ1) is 33.2. The van der Waals surface area contributed by atoms with E-state index in [1.165, 1.54) is 11.1 Å². The largest absolute Gasteiger partial charge is 0.460 e. The van der Waals surface area contributed by atoms with Crippen molar-refractivity contribution in [3.63, 3.8) is 0 Å². The predicted molar refractivity (Wildman–Crippen MR) is 227 cm³/mol. The zero-order chi connectivity index (χ0) is 37.3. The Kier molecular flexibility index (Phi) is 8.58. The zero-order valence-corrected chi connectivity index (χ0v) is 30.5. The minimum absolute atomic E-state index is 0.194. The number of aromatic nitrogens is 3. The van der Waals surface area contributed by atoms with Crippen LogP contribution in [0.15, 0.2) is 205 Å². The molecule has 10 rings (SSSR count). The van der Waals surface area contributed by atoms with Crippen LogP contribution >= 0.6 is 0 Å². The summed E-state index contributed by atoms with van der Waals surface area (Å²) >= 11 is 0. The highest BCUT2D eigenvalue weighted by Gasteiger charge is 2.32. The first-order chi connectivity index (χ1) is 27.8. The molecule has 0 amide bonds. The molecule has 0 saturated carbocycles. The van der Waals surface area contributed by atoms with Crippen molar-refractivity contribution < 1.29 is 4.42 Å². The van der Waals surface area contributed by atoms with E-state index in [0.29, 0.717) is 23.9 Å². The Labute approximate surface area is 325 Å². The van der Waals surface area contributed by atoms with Crippen LogP contribution in [0.1, 0.15) is 35.1 Å². The van der Waals surface area contributed by atoms with Crippen LogP contribution in [-0.4, -0.2) is 15.0 Å². The van der Waals surface area contributed by atoms with Crippen molar-refractivity contribution in [2.75, 3.05) is 4.90 Å². The second-order valence-electron chi connectivity index (χ2n) is 13.9. The Bertz CT molecular complexity index is 2740. The summed E-state index contributed by atoms with van der Waals surface area (Å²) in [6, 6.07) is 67.2. The Balaban J connectivity index is 1.04. The van der Waals surface area contributed by atoms with Crippen LogP contribution in [0.25, 0.3) is 50.4 Å². The minimum Gasteiger partial charge on any atom is -0.460 e. The molecule has 266 valence electrons. The van der Waals surface area contributed by atoms with Crippen molar-refractivity contribution in [2.45, 2.75) is 12.3 Å². The number of furan rings is 1. The van der Waals surface area contributed by atoms with Crippen LogP contribution < -0.4 is 4.90 Å². The lowest BCUT2D eigenvalue weighted by atomic mass is 9.83. The summed E-state index contributed by atoms with van der Waals surface area (Å²) < 4.78 is 6.77. The molecule has 1 aliphatic rings. The maximum atomic E-state index is 6.77. The summed E-state index contributed by atoms with van der Waals surface area (Å²) in [7, 11) is 0. The lowest BCUT2D eigenvalue weighted by molar-refractivity contribution is 0.505. The highest BCUT2D eigenvalue weighted by atomic mass is 16.3. The van der Waals surface area contributed by atoms with E-state index in [0.717, 1.165) is 61.6 Å². The van der Waals surface area contributed by atoms with Gasteiger partial charge in [0.15, 0.2) is 11.6 Å². The van der Waals surface area contributed by atoms with Crippen LogP contribution in [-0.2, 0) is 0 Å². The normalized spacial score (nSPS) is 13.6. The number of anilines is 3. The Morgan fingerprint density at radius 3 is 1.48 bits per heavy atom. The predicted octanol–water partition coefficient (Wildman–Crippen LogP) is 13.1. The molecule has 1 aliphatic carbocycles. The van der Waals surface area contributed by atoms with Gasteiger partial charge in [0.25, 0.3) is 0 Å². The summed E-state index contributed by atoms with van der Waals surface area (Å²) in [5, 5.41) is 1.08. The third-order valence-corrected chi connectivity index (χ3v) is 10.5. The fourth-order valence-corrected chi connectivity index (χ4v) is 7.75. The summed E-state index contributed by atoms with van der Waals surface area (Å²) in [6.45, 7) is 0. The Morgan fingerprint density at radius 2 is 0.893 bits per heavy atom. The fourth-order valence-electron chi connectivity index (χ4n) is 7.75. The number of hydrogen-bond donors (Lipinski definition) is 0. The van der Waals surface area contributed by atoms with Crippen LogP contribution in [0.4, 0.5) is 17.1 Å². The SMILES string of the molecule is C1=C(c2ccc(N(c3ccccc3)c3ccc(-c4ccccc4)cc3)cc2)c2c(oc3ccccc23)C(c2nc(-c3ccccc3)nc(-c3ccccc3)n2)C1. The average Bonchev–Trinajstić information content (AvgIpc) is 3.68. The van der Waals surface area contributed by atoms with E-state index in [-0.39, 0.29) is 5.92 Å². The number of hydrogen-bond acceptors (Lipinski definition) is 5. The smallest absolute Gasteiger partial charge is 0.163 e. The molecule has 0 aliphatic heterocycles. The highest BCUT2D eigenvalue weighted by Crippen LogP contribution is 2.46. The van der Waals surface area contributed by atoms with E-state index in [1.54, 1.807) is 0 Å². The Morgan fingerprint density at radius 1 is 0.429 bits per heavy atom. The van der Waals surface area contributed by atoms with Gasteiger partial charge in [-0.15, -0.1) is 0 Å². The van der Waals surface area contributed by atoms with Gasteiger partial charge >= 0.3 is 0 Å². The van der Waals surface area contributed by atoms with Gasteiger partial charge < -0.3 is 9.32 Å². The van der Waals surface area contributed by atoms with Gasteiger partial charge in [0.1, 0.15) is 17.2 Å². The molecule has 56 heavy (non-hydrogen) atoms. The van der Waals surface area contributed by atoms with Crippen molar-refractivity contribution in [1.82, 2.24) is 15.0 Å². The molecule has 2 aromatic heterocycles. The van der Waals surface area contributed by atoms with Crippen molar-refractivity contribution in [3.8, 4) is 33.9 Å². The molecule has 0 radical (unpaired) electrons. The van der Waals surface area contributed by atoms with Gasteiger partial charge in [-0.05, 0) is 71.1 Å². The molecular weight excluding hydrogens is 685 g/mol. The summed E-state index contributed by atoms with van der Waals surface area (Å²) in [5.41, 5.74) is 11.7. The third-order valence-electron chi connectivity index (χ3n) is 10.5. The van der Waals surface area contributed by atoms with Gasteiger partial charge in [0, 0.05) is 39.1 Å². The van der Waals surface area contributed by atoms with E-state index in [9.17, 15) is 0 Å². The number of benzene rings is 7. The molecule has 0 N–H and O–H groups in total. The molecule has 7 aromatic carbocycles. The lowest BCUT2D eigenvalue weighted by Gasteiger charge is -2.26. The standard InChI is InChI=1S/C51H36N4O/c1-5-15-35(16-6-1)36-25-29-41(30-26-36)55(40-21-11-4-12-22-40)42-31-27-37(28-32-42)43-33-34-45(48-47(43)44-23-13-14-24-46(44)56-48)51-53-49(38-17-7-2-8-18-38)52-50(54-51)39-19-9-3-10-20-39/h1-33,45H,34H2. The van der Waals surface area contributed by atoms with Gasteiger partial charge in [-0.25, -0.2) is 15.0 Å². The lowest BCUT2D eigenvalue weighted by Crippen LogP contribution is -2.13. The molecule has 0 bridgehead atoms. The van der Waals surface area contributed by atoms with Gasteiger partial charge in [0.2, 0.25) is 0 Å². The summed E-state index contributed by atoms with van der Waals surface area (Å²) in [5.74, 6) is 2.67. The maximum Gasteiger partial charge on any atom is 0.163 e. The number of nitrogens with zero attached hydrogens (tertiary/aromatic N) is 4. The van der Waals surface area contributed by atoms with Crippen molar-refractivity contribution in [3.05, 3.63) is 223 Å². The first-order valence-corrected chi connectivity index (χ1v) is 19.0. The summed E-state index contributed by atoms with van der Waals surface area (Å²) in [6.07, 6.45) is 3.01. The molecule has 1 atom stereocenters. The number of rotatable bonds is 8. The topological polar surface area (TPSA) is 55.1 Å². The van der Waals surface area contributed by atoms with Gasteiger partial charge in [0.05, 0.1) is 5.92 Å². The van der Waals surface area contributed by atoms with Crippen molar-refractivity contribution in [2.24, 2.45) is 0 Å². The second kappa shape index (κ2) is 14.5. The van der Waals surface area contributed by atoms with E-state index in [2.05, 4.69) is 132 Å². The molecule has 0 spiro atoms. The molecule has 9 aromatic rings. The molecule has 1 unspecified atom stereocenters. The number of para-hydroxylation sites is 2. The fraction of sp³-hybridized carbons (Fsp3) is 0.0392. The van der Waals surface area contributed by atoms with E-state index in [4.69, 9.17) is 19.4 Å². The number of allylic oxidation sites excluding steroid dienone is 1. The van der Waals surface area contributed by atoms with E-state index >= 15 is 0 Å². The molecule has 0 saturated heterocycles. The zero-order valence-electron chi connectivity index (χ0n) is 30.5. The highest BCUT2D eigenvalue weighted by molar-refractivity contribution is 5.98. The van der Waals surface area contributed by atoms with Gasteiger partial charge in [-0.3, -0.25) is 0 Å². The van der Waals surface area contributed by atoms with E-state index in [1.807, 2.05) is 72.8 Å². The molecule has 2 heterocycles. The minimum atomic E-state index is -0.194. The monoisotopic (exact) mass is 720 g/mol. The van der Waals surface area contributed by atoms with Crippen LogP contribution in [0, 0.1) is 0 Å². The third kappa shape index (κ3) is 6.25. The quantitative estimate of drug-likeness (QED) is 0.156. The van der Waals surface area contributed by atoms with Gasteiger partial charge in [-0.2, -0.15) is 0 Å². The van der Waals surface area contributed by atoms with Crippen molar-refractivity contribution in [1.29, 1.82) is 0 Å².